The summed E-state index contributed by atoms with van der Waals surface area (Å²) in [6.07, 6.45) is 3.31. The summed E-state index contributed by atoms with van der Waals surface area (Å²) in [5.41, 5.74) is 3.30. The zero-order valence-corrected chi connectivity index (χ0v) is 26.4. The molecular formula is C34H33ClN6O5. The lowest BCUT2D eigenvalue weighted by molar-refractivity contribution is -0.0716. The highest BCUT2D eigenvalue weighted by molar-refractivity contribution is 6.30. The minimum atomic E-state index is -1.08. The lowest BCUT2D eigenvalue weighted by Gasteiger charge is -2.44. The Bertz CT molecular complexity index is 1890. The van der Waals surface area contributed by atoms with E-state index >= 15 is 0 Å². The van der Waals surface area contributed by atoms with E-state index in [1.807, 2.05) is 37.3 Å². The van der Waals surface area contributed by atoms with Crippen LogP contribution in [0.1, 0.15) is 41.6 Å². The van der Waals surface area contributed by atoms with Crippen LogP contribution < -0.4 is 14.4 Å². The molecule has 8 rings (SSSR count). The van der Waals surface area contributed by atoms with Gasteiger partial charge in [0.2, 0.25) is 0 Å². The molecule has 0 amide bonds. The SMILES string of the molecule is COC(=O)c1ccc2nc(CN3CCN(c4cccc5c4O[C@@](C)(c4ccc(Cl)cn4)O5)[C@@H]4COC[C@@H]43)n(CC3(C#N)CC3)c2c1. The third-order valence-corrected chi connectivity index (χ3v) is 9.95. The van der Waals surface area contributed by atoms with Crippen molar-refractivity contribution in [2.45, 2.75) is 50.7 Å². The minimum Gasteiger partial charge on any atom is -0.465 e. The monoisotopic (exact) mass is 640 g/mol. The fourth-order valence-electron chi connectivity index (χ4n) is 6.98. The highest BCUT2D eigenvalue weighted by Crippen LogP contribution is 2.50. The first-order valence-corrected chi connectivity index (χ1v) is 15.9. The number of nitrogens with zero attached hydrogens (tertiary/aromatic N) is 6. The Morgan fingerprint density at radius 3 is 2.74 bits per heavy atom. The van der Waals surface area contributed by atoms with Crippen LogP contribution in [0.4, 0.5) is 5.69 Å². The number of carbonyl (C=O) groups excluding carboxylic acids is 1. The van der Waals surface area contributed by atoms with Crippen molar-refractivity contribution in [2.24, 2.45) is 5.41 Å². The molecule has 2 saturated heterocycles. The maximum absolute atomic E-state index is 12.4. The Morgan fingerprint density at radius 2 is 1.98 bits per heavy atom. The summed E-state index contributed by atoms with van der Waals surface area (Å²) in [6, 6.07) is 17.7. The summed E-state index contributed by atoms with van der Waals surface area (Å²) >= 11 is 6.08. The van der Waals surface area contributed by atoms with Crippen molar-refractivity contribution in [3.63, 3.8) is 0 Å². The molecule has 0 radical (unpaired) electrons. The van der Waals surface area contributed by atoms with Gasteiger partial charge in [0.15, 0.2) is 11.5 Å². The van der Waals surface area contributed by atoms with E-state index in [1.54, 1.807) is 18.3 Å². The molecule has 0 unspecified atom stereocenters. The average molecular weight is 641 g/mol. The molecular weight excluding hydrogens is 608 g/mol. The van der Waals surface area contributed by atoms with Gasteiger partial charge in [-0.1, -0.05) is 17.7 Å². The zero-order valence-electron chi connectivity index (χ0n) is 25.6. The van der Waals surface area contributed by atoms with E-state index in [4.69, 9.17) is 35.5 Å². The first kappa shape index (κ1) is 29.1. The maximum atomic E-state index is 12.4. The molecule has 3 aliphatic heterocycles. The van der Waals surface area contributed by atoms with Crippen LogP contribution in [-0.4, -0.2) is 70.9 Å². The molecule has 46 heavy (non-hydrogen) atoms. The van der Waals surface area contributed by atoms with Gasteiger partial charge in [-0.15, -0.1) is 0 Å². The van der Waals surface area contributed by atoms with Crippen LogP contribution in [0.25, 0.3) is 11.0 Å². The summed E-state index contributed by atoms with van der Waals surface area (Å²) < 4.78 is 26.1. The molecule has 1 aliphatic carbocycles. The number of imidazole rings is 1. The predicted octanol–water partition coefficient (Wildman–Crippen LogP) is 4.91. The molecule has 3 fully saturated rings. The van der Waals surface area contributed by atoms with E-state index in [2.05, 4.69) is 31.5 Å². The normalized spacial score (nSPS) is 24.5. The van der Waals surface area contributed by atoms with Crippen LogP contribution in [-0.2, 0) is 28.4 Å². The second-order valence-corrected chi connectivity index (χ2v) is 13.1. The molecule has 0 spiro atoms. The molecule has 0 N–H and O–H groups in total. The van der Waals surface area contributed by atoms with Gasteiger partial charge in [-0.25, -0.2) is 9.78 Å². The van der Waals surface area contributed by atoms with E-state index < -0.39 is 17.2 Å². The standard InChI is InChI=1S/C34H33ClN6O5/c1-33(29-9-7-22(35)15-37-29)45-28-5-3-4-24(31(28)46-33)40-13-12-39(26-17-44-18-27(26)40)16-30-38-23-8-6-21(32(42)43-2)14-25(23)41(30)20-34(19-36)10-11-34/h3-9,14-15,26-27H,10-13,16-18,20H2,1-2H3/t26-,27+,33-/m0/s1. The summed E-state index contributed by atoms with van der Waals surface area (Å²) in [7, 11) is 1.38. The Balaban J connectivity index is 1.08. The second kappa shape index (κ2) is 10.9. The predicted molar refractivity (Wildman–Crippen MR) is 169 cm³/mol. The average Bonchev–Trinajstić information content (AvgIpc) is 3.34. The molecule has 5 heterocycles. The van der Waals surface area contributed by atoms with Gasteiger partial charge in [0.1, 0.15) is 11.5 Å². The number of rotatable bonds is 7. The summed E-state index contributed by atoms with van der Waals surface area (Å²) in [4.78, 5) is 26.6. The smallest absolute Gasteiger partial charge is 0.337 e. The van der Waals surface area contributed by atoms with Crippen LogP contribution in [0.2, 0.25) is 5.02 Å². The van der Waals surface area contributed by atoms with Gasteiger partial charge in [0.25, 0.3) is 5.79 Å². The quantitative estimate of drug-likeness (QED) is 0.258. The van der Waals surface area contributed by atoms with Crippen molar-refractivity contribution in [1.82, 2.24) is 19.4 Å². The van der Waals surface area contributed by atoms with Crippen molar-refractivity contribution in [3.8, 4) is 17.6 Å². The van der Waals surface area contributed by atoms with Crippen LogP contribution in [0.3, 0.4) is 0 Å². The first-order chi connectivity index (χ1) is 22.3. The highest BCUT2D eigenvalue weighted by atomic mass is 35.5. The Labute approximate surface area is 271 Å². The molecule has 0 bridgehead atoms. The Morgan fingerprint density at radius 1 is 1.13 bits per heavy atom. The number of halogens is 1. The fourth-order valence-corrected chi connectivity index (χ4v) is 7.10. The number of piperazine rings is 1. The van der Waals surface area contributed by atoms with Gasteiger partial charge >= 0.3 is 5.97 Å². The molecule has 1 saturated carbocycles. The zero-order chi connectivity index (χ0) is 31.6. The number of fused-ring (bicyclic) bond motifs is 3. The van der Waals surface area contributed by atoms with Crippen molar-refractivity contribution in [1.29, 1.82) is 5.26 Å². The Hall–Kier alpha value is -4.37. The molecule has 4 aliphatic rings. The van der Waals surface area contributed by atoms with E-state index in [0.717, 1.165) is 48.5 Å². The number of anilines is 1. The molecule has 2 aromatic carbocycles. The molecule has 11 nitrogen and oxygen atoms in total. The van der Waals surface area contributed by atoms with Crippen LogP contribution in [0.5, 0.6) is 11.5 Å². The van der Waals surface area contributed by atoms with Crippen LogP contribution in [0.15, 0.2) is 54.7 Å². The van der Waals surface area contributed by atoms with Crippen molar-refractivity contribution < 1.29 is 23.7 Å². The van der Waals surface area contributed by atoms with E-state index in [0.29, 0.717) is 54.1 Å². The molecule has 4 aromatic rings. The number of benzene rings is 2. The topological polar surface area (TPSA) is 115 Å². The third kappa shape index (κ3) is 4.83. The number of ether oxygens (including phenoxy) is 4. The van der Waals surface area contributed by atoms with Gasteiger partial charge in [-0.05, 0) is 55.3 Å². The number of esters is 1. The van der Waals surface area contributed by atoms with Crippen molar-refractivity contribution in [2.75, 3.05) is 38.3 Å². The lowest BCUT2D eigenvalue weighted by Crippen LogP contribution is -2.59. The Kier molecular flexibility index (Phi) is 6.86. The number of methoxy groups -OCH3 is 1. The van der Waals surface area contributed by atoms with Crippen LogP contribution >= 0.6 is 11.6 Å². The van der Waals surface area contributed by atoms with Gasteiger partial charge in [-0.3, -0.25) is 9.88 Å². The summed E-state index contributed by atoms with van der Waals surface area (Å²) in [6.45, 7) is 5.69. The minimum absolute atomic E-state index is 0.0852. The largest absolute Gasteiger partial charge is 0.465 e. The van der Waals surface area contributed by atoms with Gasteiger partial charge in [0.05, 0.1) is 77.7 Å². The van der Waals surface area contributed by atoms with E-state index in [-0.39, 0.29) is 12.1 Å². The van der Waals surface area contributed by atoms with Crippen molar-refractivity contribution >= 4 is 34.3 Å². The van der Waals surface area contributed by atoms with Crippen LogP contribution in [0, 0.1) is 16.7 Å². The number of carbonyl (C=O) groups is 1. The second-order valence-electron chi connectivity index (χ2n) is 12.7. The van der Waals surface area contributed by atoms with E-state index in [9.17, 15) is 10.1 Å². The number of hydrogen-bond acceptors (Lipinski definition) is 10. The molecule has 236 valence electrons. The number of pyridine rings is 1. The highest BCUT2D eigenvalue weighted by Gasteiger charge is 2.47. The fraction of sp³-hybridized carbons (Fsp3) is 0.412. The first-order valence-electron chi connectivity index (χ1n) is 15.5. The van der Waals surface area contributed by atoms with Crippen molar-refractivity contribution in [3.05, 3.63) is 76.8 Å². The van der Waals surface area contributed by atoms with E-state index in [1.165, 1.54) is 7.11 Å². The number of aromatic nitrogens is 3. The molecule has 2 aromatic heterocycles. The van der Waals surface area contributed by atoms with Gasteiger partial charge in [0, 0.05) is 32.8 Å². The number of hydrogen-bond donors (Lipinski definition) is 0. The molecule has 12 heteroatoms. The van der Waals surface area contributed by atoms with Gasteiger partial charge in [-0.2, -0.15) is 5.26 Å². The molecule has 3 atom stereocenters. The third-order valence-electron chi connectivity index (χ3n) is 9.72. The summed E-state index contributed by atoms with van der Waals surface area (Å²) in [5.74, 6) is 0.759. The summed E-state index contributed by atoms with van der Waals surface area (Å²) in [5, 5.41) is 10.5. The van der Waals surface area contributed by atoms with Gasteiger partial charge < -0.3 is 28.4 Å². The number of nitriles is 1. The number of para-hydroxylation sites is 1. The lowest BCUT2D eigenvalue weighted by atomic mass is 10.0. The maximum Gasteiger partial charge on any atom is 0.337 e.